The molecule has 0 fully saturated rings. The molecule has 0 aromatic rings. The smallest absolute Gasteiger partial charge is 0.306 e. The van der Waals surface area contributed by atoms with E-state index in [2.05, 4.69) is 86.8 Å². The zero-order chi connectivity index (χ0) is 59.1. The Morgan fingerprint density at radius 1 is 0.395 bits per heavy atom. The summed E-state index contributed by atoms with van der Waals surface area (Å²) in [7, 11) is 1.15. The van der Waals surface area contributed by atoms with Crippen molar-refractivity contribution in [2.75, 3.05) is 47.5 Å². The maximum Gasteiger partial charge on any atom is 0.306 e. The number of esters is 2. The number of carbonyl (C=O) groups excluding carboxylic acids is 2. The molecule has 0 heterocycles. The molecule has 0 radical (unpaired) electrons. The van der Waals surface area contributed by atoms with Gasteiger partial charge in [-0.15, -0.1) is 0 Å². The number of quaternary nitrogens is 1. The number of unbranched alkanes of at least 4 members (excludes halogenated alkanes) is 37. The van der Waals surface area contributed by atoms with Crippen LogP contribution in [0.5, 0.6) is 0 Å². The second-order valence-corrected chi connectivity index (χ2v) is 25.6. The number of ether oxygens (including phenoxy) is 2. The van der Waals surface area contributed by atoms with Gasteiger partial charge in [-0.1, -0.05) is 311 Å². The van der Waals surface area contributed by atoms with Crippen molar-refractivity contribution in [1.29, 1.82) is 0 Å². The average Bonchev–Trinajstić information content (AvgIpc) is 3.43. The van der Waals surface area contributed by atoms with Crippen LogP contribution in [-0.4, -0.2) is 70.0 Å². The molecule has 0 rings (SSSR count). The Hall–Kier alpha value is -2.55. The summed E-state index contributed by atoms with van der Waals surface area (Å²) in [6, 6.07) is 0. The molecule has 2 atom stereocenters. The van der Waals surface area contributed by atoms with Gasteiger partial charge in [0.2, 0.25) is 0 Å². The van der Waals surface area contributed by atoms with Gasteiger partial charge in [0.05, 0.1) is 27.7 Å². The van der Waals surface area contributed by atoms with Gasteiger partial charge in [0, 0.05) is 12.8 Å². The summed E-state index contributed by atoms with van der Waals surface area (Å²) in [5.74, 6) is -0.854. The minimum absolute atomic E-state index is 0.0381. The maximum absolute atomic E-state index is 12.8. The van der Waals surface area contributed by atoms with Gasteiger partial charge in [-0.2, -0.15) is 0 Å². The van der Waals surface area contributed by atoms with Gasteiger partial charge in [0.25, 0.3) is 7.82 Å². The van der Waals surface area contributed by atoms with E-state index in [-0.39, 0.29) is 32.0 Å². The number of hydrogen-bond acceptors (Lipinski definition) is 8. The number of carbonyl (C=O) groups is 2. The third-order valence-corrected chi connectivity index (χ3v) is 16.0. The topological polar surface area (TPSA) is 111 Å². The van der Waals surface area contributed by atoms with Crippen molar-refractivity contribution in [2.45, 2.75) is 322 Å². The van der Waals surface area contributed by atoms with E-state index in [9.17, 15) is 19.0 Å². The zero-order valence-electron chi connectivity index (χ0n) is 53.7. The van der Waals surface area contributed by atoms with Crippen LogP contribution in [0.4, 0.5) is 0 Å². The second-order valence-electron chi connectivity index (χ2n) is 24.2. The van der Waals surface area contributed by atoms with Gasteiger partial charge in [-0.05, 0) is 64.2 Å². The third-order valence-electron chi connectivity index (χ3n) is 15.0. The number of likely N-dealkylation sites (N-methyl/N-ethyl adjacent to an activating group) is 1. The molecule has 0 aromatic carbocycles. The van der Waals surface area contributed by atoms with Crippen molar-refractivity contribution < 1.29 is 42.1 Å². The van der Waals surface area contributed by atoms with Crippen LogP contribution < -0.4 is 4.89 Å². The van der Waals surface area contributed by atoms with Crippen LogP contribution >= 0.6 is 7.82 Å². The van der Waals surface area contributed by atoms with Gasteiger partial charge < -0.3 is 27.9 Å². The van der Waals surface area contributed by atoms with Gasteiger partial charge in [-0.3, -0.25) is 14.2 Å². The van der Waals surface area contributed by atoms with Gasteiger partial charge in [-0.25, -0.2) is 0 Å². The fraction of sp³-hybridized carbons (Fsp3) is 0.803. The molecule has 0 N–H and O–H groups in total. The lowest BCUT2D eigenvalue weighted by Gasteiger charge is -2.28. The van der Waals surface area contributed by atoms with Crippen molar-refractivity contribution in [2.24, 2.45) is 0 Å². The molecule has 81 heavy (non-hydrogen) atoms. The highest BCUT2D eigenvalue weighted by molar-refractivity contribution is 7.45. The van der Waals surface area contributed by atoms with E-state index in [1.54, 1.807) is 0 Å². The van der Waals surface area contributed by atoms with Crippen LogP contribution in [0.2, 0.25) is 0 Å². The predicted octanol–water partition coefficient (Wildman–Crippen LogP) is 21.4. The zero-order valence-corrected chi connectivity index (χ0v) is 54.6. The SMILES string of the molecule is CC/C=C\C/C=C\C/C=C\C/C=C\C/C=C\C/C=C\CCCCCCC(=O)OC(COC(=O)CCCCCCCCCCCCCCCCCCCCCCCCCCCCCCCCCCCC)COP(=O)([O-])OCC[N+](C)(C)C. The van der Waals surface area contributed by atoms with E-state index < -0.39 is 26.5 Å². The molecule has 472 valence electrons. The Bertz CT molecular complexity index is 1600. The summed E-state index contributed by atoms with van der Waals surface area (Å²) < 4.78 is 34.2. The number of hydrogen-bond donors (Lipinski definition) is 0. The van der Waals surface area contributed by atoms with E-state index >= 15 is 0 Å². The minimum Gasteiger partial charge on any atom is -0.756 e. The average molecular weight is 1160 g/mol. The summed E-state index contributed by atoms with van der Waals surface area (Å²) in [6.45, 7) is 4.13. The third kappa shape index (κ3) is 66.5. The van der Waals surface area contributed by atoms with Crippen LogP contribution in [0.1, 0.15) is 316 Å². The molecule has 0 aromatic heterocycles. The fourth-order valence-electron chi connectivity index (χ4n) is 9.78. The minimum atomic E-state index is -4.65. The lowest BCUT2D eigenvalue weighted by molar-refractivity contribution is -0.870. The largest absolute Gasteiger partial charge is 0.756 e. The Labute approximate surface area is 501 Å². The Balaban J connectivity index is 4.03. The lowest BCUT2D eigenvalue weighted by atomic mass is 10.0. The first-order chi connectivity index (χ1) is 39.5. The molecule has 0 aliphatic heterocycles. The summed E-state index contributed by atoms with van der Waals surface area (Å²) in [6.07, 6.45) is 82.8. The lowest BCUT2D eigenvalue weighted by Crippen LogP contribution is -2.37. The van der Waals surface area contributed by atoms with E-state index in [4.69, 9.17) is 18.5 Å². The molecule has 10 heteroatoms. The number of rotatable bonds is 63. The monoisotopic (exact) mass is 1160 g/mol. The number of phosphoric ester groups is 1. The summed E-state index contributed by atoms with van der Waals surface area (Å²) in [5.41, 5.74) is 0. The van der Waals surface area contributed by atoms with E-state index in [0.29, 0.717) is 17.4 Å². The van der Waals surface area contributed by atoms with Crippen LogP contribution in [0, 0.1) is 0 Å². The Morgan fingerprint density at radius 3 is 1.05 bits per heavy atom. The first-order valence-electron chi connectivity index (χ1n) is 34.1. The second kappa shape index (κ2) is 62.0. The molecule has 0 bridgehead atoms. The number of phosphoric acid groups is 1. The van der Waals surface area contributed by atoms with Crippen molar-refractivity contribution in [3.05, 3.63) is 72.9 Å². The van der Waals surface area contributed by atoms with E-state index in [0.717, 1.165) is 83.5 Å². The first kappa shape index (κ1) is 78.5. The van der Waals surface area contributed by atoms with Crippen LogP contribution in [0.3, 0.4) is 0 Å². The predicted molar refractivity (Wildman–Crippen MR) is 346 cm³/mol. The molecule has 2 unspecified atom stereocenters. The van der Waals surface area contributed by atoms with Crippen LogP contribution in [-0.2, 0) is 32.7 Å². The highest BCUT2D eigenvalue weighted by Crippen LogP contribution is 2.38. The maximum atomic E-state index is 12.8. The Kier molecular flexibility index (Phi) is 60.0. The standard InChI is InChI=1S/C71H130NO8P/c1-6-8-10-12-14-16-18-20-22-24-26-28-30-31-32-33-34-35-36-37-38-39-40-42-43-45-47-49-51-53-55-57-59-61-63-70(73)77-67-69(68-79-81(75,76)78-66-65-72(3,4)5)80-71(74)64-62-60-58-56-54-52-50-48-46-44-41-29-27-25-23-21-19-17-15-13-11-9-7-2/h9,11,15,17,21,23,27,29,44,46,50,52,69H,6-8,10,12-14,16,18-20,22,24-26,28,30-43,45,47-49,51,53-68H2,1-5H3/b11-9-,17-15-,23-21-,29-27-,46-44-,52-50-. The normalized spacial score (nSPS) is 13.6. The summed E-state index contributed by atoms with van der Waals surface area (Å²) >= 11 is 0. The Morgan fingerprint density at radius 2 is 0.704 bits per heavy atom. The molecule has 0 aliphatic rings. The van der Waals surface area contributed by atoms with Gasteiger partial charge in [0.15, 0.2) is 6.10 Å². The summed E-state index contributed by atoms with van der Waals surface area (Å²) in [5, 5.41) is 0. The fourth-order valence-corrected chi connectivity index (χ4v) is 10.5. The molecule has 0 aliphatic carbocycles. The van der Waals surface area contributed by atoms with Crippen molar-refractivity contribution in [3.63, 3.8) is 0 Å². The number of allylic oxidation sites excluding steroid dienone is 12. The molecule has 0 saturated heterocycles. The number of nitrogens with zero attached hydrogens (tertiary/aromatic N) is 1. The molecular formula is C71H130NO8P. The van der Waals surface area contributed by atoms with Crippen molar-refractivity contribution in [1.82, 2.24) is 0 Å². The van der Waals surface area contributed by atoms with E-state index in [1.807, 2.05) is 21.1 Å². The first-order valence-corrected chi connectivity index (χ1v) is 35.6. The van der Waals surface area contributed by atoms with Gasteiger partial charge in [0.1, 0.15) is 19.8 Å². The summed E-state index contributed by atoms with van der Waals surface area (Å²) in [4.78, 5) is 38.0. The van der Waals surface area contributed by atoms with Crippen LogP contribution in [0.15, 0.2) is 72.9 Å². The quantitative estimate of drug-likeness (QED) is 0.0195. The van der Waals surface area contributed by atoms with E-state index in [1.165, 1.54) is 199 Å². The molecular weight excluding hydrogens is 1030 g/mol. The van der Waals surface area contributed by atoms with Crippen molar-refractivity contribution >= 4 is 19.8 Å². The molecule has 0 amide bonds. The highest BCUT2D eigenvalue weighted by atomic mass is 31.2. The van der Waals surface area contributed by atoms with Crippen molar-refractivity contribution in [3.8, 4) is 0 Å². The molecule has 0 saturated carbocycles. The highest BCUT2D eigenvalue weighted by Gasteiger charge is 2.22. The molecule has 0 spiro atoms. The van der Waals surface area contributed by atoms with Gasteiger partial charge >= 0.3 is 11.9 Å². The van der Waals surface area contributed by atoms with Crippen LogP contribution in [0.25, 0.3) is 0 Å². The molecule has 9 nitrogen and oxygen atoms in total.